The number of Topliss-reactive ketones (excluding diaryl/α,β-unsaturated/α-hetero) is 1. The molecule has 0 aliphatic carbocycles. The smallest absolute Gasteiger partial charge is 0.322 e. The first kappa shape index (κ1) is 19.6. The van der Waals surface area contributed by atoms with Crippen molar-refractivity contribution in [3.63, 3.8) is 0 Å². The van der Waals surface area contributed by atoms with E-state index in [-0.39, 0.29) is 34.2 Å². The molecule has 148 valence electrons. The average Bonchev–Trinajstić information content (AvgIpc) is 2.69. The first-order valence-electron chi connectivity index (χ1n) is 8.48. The molecule has 2 aromatic carbocycles. The maximum atomic E-state index is 12.3. The van der Waals surface area contributed by atoms with Gasteiger partial charge in [-0.2, -0.15) is 0 Å². The number of carbonyl (C=O) groups excluding carboxylic acids is 2. The molecule has 0 atom stereocenters. The average molecular weight is 395 g/mol. The fraction of sp³-hybridized carbons (Fsp3) is 0.100. The Balaban J connectivity index is 2.07. The van der Waals surface area contributed by atoms with Crippen molar-refractivity contribution in [2.75, 3.05) is 12.3 Å². The Bertz CT molecular complexity index is 1140. The van der Waals surface area contributed by atoms with E-state index >= 15 is 0 Å². The molecule has 0 bridgehead atoms. The van der Waals surface area contributed by atoms with Crippen LogP contribution < -0.4 is 15.8 Å². The molecule has 1 aromatic heterocycles. The molecule has 0 spiro atoms. The van der Waals surface area contributed by atoms with Gasteiger partial charge in [0.05, 0.1) is 5.69 Å². The van der Waals surface area contributed by atoms with Crippen molar-refractivity contribution in [2.24, 2.45) is 0 Å². The number of benzene rings is 2. The number of fused-ring (bicyclic) bond motifs is 1. The Morgan fingerprint density at radius 3 is 2.45 bits per heavy atom. The van der Waals surface area contributed by atoms with Gasteiger partial charge in [-0.3, -0.25) is 14.4 Å². The molecule has 0 saturated carbocycles. The molecule has 9 heteroatoms. The lowest BCUT2D eigenvalue weighted by Crippen LogP contribution is -2.30. The van der Waals surface area contributed by atoms with Gasteiger partial charge in [-0.15, -0.1) is 0 Å². The number of ether oxygens (including phenoxy) is 1. The Hall–Kier alpha value is -4.14. The highest BCUT2D eigenvalue weighted by atomic mass is 16.5. The number of nitrogen functional groups attached to an aromatic ring is 1. The maximum absolute atomic E-state index is 12.3. The van der Waals surface area contributed by atoms with E-state index in [1.807, 2.05) is 0 Å². The maximum Gasteiger partial charge on any atom is 0.322 e. The fourth-order valence-electron chi connectivity index (χ4n) is 2.66. The lowest BCUT2D eigenvalue weighted by atomic mass is 10.1. The summed E-state index contributed by atoms with van der Waals surface area (Å²) in [6, 6.07) is 11.0. The van der Waals surface area contributed by atoms with Crippen LogP contribution in [0.4, 0.5) is 5.69 Å². The number of carboxylic acid groups (broad SMARTS) is 1. The van der Waals surface area contributed by atoms with E-state index in [0.29, 0.717) is 10.9 Å². The van der Waals surface area contributed by atoms with Crippen molar-refractivity contribution in [3.8, 4) is 17.4 Å². The summed E-state index contributed by atoms with van der Waals surface area (Å²) in [5.41, 5.74) is 6.17. The zero-order valence-corrected chi connectivity index (χ0v) is 15.3. The second-order valence-corrected chi connectivity index (χ2v) is 6.15. The quantitative estimate of drug-likeness (QED) is 0.366. The van der Waals surface area contributed by atoms with E-state index in [9.17, 15) is 19.5 Å². The number of aromatic nitrogens is 1. The third-order valence-corrected chi connectivity index (χ3v) is 4.09. The first-order valence-corrected chi connectivity index (χ1v) is 8.48. The number of carboxylic acids is 1. The van der Waals surface area contributed by atoms with Gasteiger partial charge in [0, 0.05) is 16.3 Å². The molecule has 1 amide bonds. The van der Waals surface area contributed by atoms with Crippen molar-refractivity contribution in [1.82, 2.24) is 10.3 Å². The molecule has 0 unspecified atom stereocenters. The van der Waals surface area contributed by atoms with Crippen LogP contribution in [0.25, 0.3) is 10.8 Å². The number of nitrogens with two attached hydrogens (primary N) is 1. The monoisotopic (exact) mass is 395 g/mol. The van der Waals surface area contributed by atoms with Gasteiger partial charge in [0.1, 0.15) is 6.54 Å². The van der Waals surface area contributed by atoms with Crippen LogP contribution in [-0.2, 0) is 4.79 Å². The van der Waals surface area contributed by atoms with Crippen LogP contribution in [0.3, 0.4) is 0 Å². The number of nitrogens with zero attached hydrogens (tertiary/aromatic N) is 1. The highest BCUT2D eigenvalue weighted by Crippen LogP contribution is 2.37. The number of hydrogen-bond donors (Lipinski definition) is 4. The minimum Gasteiger partial charge on any atom is -0.505 e. The summed E-state index contributed by atoms with van der Waals surface area (Å²) < 4.78 is 5.77. The van der Waals surface area contributed by atoms with Gasteiger partial charge in [-0.25, -0.2) is 4.98 Å². The van der Waals surface area contributed by atoms with E-state index in [0.717, 1.165) is 0 Å². The molecule has 29 heavy (non-hydrogen) atoms. The van der Waals surface area contributed by atoms with Crippen molar-refractivity contribution >= 4 is 34.1 Å². The van der Waals surface area contributed by atoms with Gasteiger partial charge in [0.25, 0.3) is 5.91 Å². The van der Waals surface area contributed by atoms with Crippen LogP contribution in [0.5, 0.6) is 17.4 Å². The minimum atomic E-state index is -1.24. The Labute approximate surface area is 164 Å². The number of ketones is 1. The SMILES string of the molecule is CC(=O)c1ccc(Oc2nc(C(=O)NCC(=O)O)c(O)c3ccccc23)c(N)c1. The minimum absolute atomic E-state index is 0.0128. The third kappa shape index (κ3) is 4.08. The highest BCUT2D eigenvalue weighted by molar-refractivity contribution is 6.04. The molecule has 0 aliphatic heterocycles. The summed E-state index contributed by atoms with van der Waals surface area (Å²) in [7, 11) is 0. The van der Waals surface area contributed by atoms with Crippen molar-refractivity contribution in [2.45, 2.75) is 6.92 Å². The zero-order chi connectivity index (χ0) is 21.1. The topological polar surface area (TPSA) is 152 Å². The van der Waals surface area contributed by atoms with E-state index in [4.69, 9.17) is 15.6 Å². The predicted molar refractivity (Wildman–Crippen MR) is 104 cm³/mol. The molecule has 0 radical (unpaired) electrons. The Morgan fingerprint density at radius 1 is 1.14 bits per heavy atom. The van der Waals surface area contributed by atoms with E-state index in [1.54, 1.807) is 24.3 Å². The zero-order valence-electron chi connectivity index (χ0n) is 15.3. The lowest BCUT2D eigenvalue weighted by Gasteiger charge is -2.14. The Kier molecular flexibility index (Phi) is 5.31. The van der Waals surface area contributed by atoms with Gasteiger partial charge in [0.2, 0.25) is 5.88 Å². The fourth-order valence-corrected chi connectivity index (χ4v) is 2.66. The predicted octanol–water partition coefficient (Wildman–Crippen LogP) is 2.33. The summed E-state index contributed by atoms with van der Waals surface area (Å²) in [4.78, 5) is 38.5. The molecule has 5 N–H and O–H groups in total. The van der Waals surface area contributed by atoms with E-state index in [1.165, 1.54) is 25.1 Å². The molecule has 9 nitrogen and oxygen atoms in total. The molecule has 0 saturated heterocycles. The van der Waals surface area contributed by atoms with Gasteiger partial charge in [-0.05, 0) is 31.2 Å². The van der Waals surface area contributed by atoms with E-state index in [2.05, 4.69) is 10.3 Å². The van der Waals surface area contributed by atoms with Crippen LogP contribution in [0.1, 0.15) is 27.8 Å². The number of hydrogen-bond acceptors (Lipinski definition) is 7. The van der Waals surface area contributed by atoms with Gasteiger partial charge in [-0.1, -0.05) is 18.2 Å². The molecular weight excluding hydrogens is 378 g/mol. The molecule has 0 aliphatic rings. The van der Waals surface area contributed by atoms with Gasteiger partial charge in [0.15, 0.2) is 23.0 Å². The number of anilines is 1. The lowest BCUT2D eigenvalue weighted by molar-refractivity contribution is -0.135. The van der Waals surface area contributed by atoms with Crippen LogP contribution in [0.15, 0.2) is 42.5 Å². The second kappa shape index (κ2) is 7.85. The van der Waals surface area contributed by atoms with Crippen LogP contribution in [-0.4, -0.2) is 39.4 Å². The number of pyridine rings is 1. The number of rotatable bonds is 6. The van der Waals surface area contributed by atoms with Crippen LogP contribution in [0.2, 0.25) is 0 Å². The van der Waals surface area contributed by atoms with E-state index < -0.39 is 24.2 Å². The van der Waals surface area contributed by atoms with Crippen molar-refractivity contribution in [3.05, 3.63) is 53.7 Å². The highest BCUT2D eigenvalue weighted by Gasteiger charge is 2.21. The summed E-state index contributed by atoms with van der Waals surface area (Å²) >= 11 is 0. The van der Waals surface area contributed by atoms with Crippen LogP contribution in [0, 0.1) is 0 Å². The number of aromatic hydroxyl groups is 1. The molecule has 1 heterocycles. The number of aliphatic carboxylic acids is 1. The summed E-state index contributed by atoms with van der Waals surface area (Å²) in [6.07, 6.45) is 0. The summed E-state index contributed by atoms with van der Waals surface area (Å²) in [5, 5.41) is 22.0. The molecule has 0 fully saturated rings. The molecule has 3 aromatic rings. The third-order valence-electron chi connectivity index (χ3n) is 4.09. The largest absolute Gasteiger partial charge is 0.505 e. The molecular formula is C20H17N3O6. The van der Waals surface area contributed by atoms with Gasteiger partial charge >= 0.3 is 5.97 Å². The standard InChI is InChI=1S/C20H17N3O6/c1-10(24)11-6-7-15(14(21)8-11)29-20-13-5-3-2-4-12(13)18(27)17(23-20)19(28)22-9-16(25)26/h2-8,27H,9,21H2,1H3,(H,22,28)(H,25,26). The van der Waals surface area contributed by atoms with Gasteiger partial charge < -0.3 is 26.0 Å². The normalized spacial score (nSPS) is 10.5. The summed E-state index contributed by atoms with van der Waals surface area (Å²) in [6.45, 7) is 0.773. The van der Waals surface area contributed by atoms with Crippen molar-refractivity contribution in [1.29, 1.82) is 0 Å². The number of carbonyl (C=O) groups is 3. The van der Waals surface area contributed by atoms with Crippen LogP contribution >= 0.6 is 0 Å². The Morgan fingerprint density at radius 2 is 1.83 bits per heavy atom. The first-order chi connectivity index (χ1) is 13.8. The van der Waals surface area contributed by atoms with Crippen molar-refractivity contribution < 1.29 is 29.3 Å². The number of amides is 1. The second-order valence-electron chi connectivity index (χ2n) is 6.15. The molecule has 3 rings (SSSR count). The summed E-state index contributed by atoms with van der Waals surface area (Å²) in [5.74, 6) is -2.49. The number of nitrogens with one attached hydrogen (secondary N) is 1.